The molecule has 0 saturated carbocycles. The highest BCUT2D eigenvalue weighted by atomic mass is 16.2. The van der Waals surface area contributed by atoms with E-state index in [2.05, 4.69) is 21.5 Å². The molecule has 2 heterocycles. The number of carbonyl (C=O) groups excluding carboxylic acids is 2. The molecule has 0 spiro atoms. The third-order valence-corrected chi connectivity index (χ3v) is 4.44. The monoisotopic (exact) mass is 324 g/mol. The van der Waals surface area contributed by atoms with Gasteiger partial charge in [0.2, 0.25) is 11.8 Å². The minimum atomic E-state index is -0.567. The van der Waals surface area contributed by atoms with Gasteiger partial charge in [-0.2, -0.15) is 10.2 Å². The molecule has 2 aliphatic rings. The minimum Gasteiger partial charge on any atom is -0.352 e. The lowest BCUT2D eigenvalue weighted by molar-refractivity contribution is -0.143. The van der Waals surface area contributed by atoms with Gasteiger partial charge in [0.1, 0.15) is 6.04 Å². The molecule has 6 nitrogen and oxygen atoms in total. The van der Waals surface area contributed by atoms with Crippen LogP contribution in [0, 0.1) is 12.3 Å². The number of piperazine rings is 1. The third kappa shape index (κ3) is 3.46. The molecule has 1 saturated heterocycles. The average molecular weight is 324 g/mol. The van der Waals surface area contributed by atoms with Crippen molar-refractivity contribution >= 4 is 11.8 Å². The van der Waals surface area contributed by atoms with Gasteiger partial charge in [-0.3, -0.25) is 9.59 Å². The Bertz CT molecular complexity index is 687. The number of hydrogen-bond acceptors (Lipinski definition) is 4. The van der Waals surface area contributed by atoms with Crippen LogP contribution in [0.1, 0.15) is 37.3 Å². The Morgan fingerprint density at radius 1 is 1.33 bits per heavy atom. The predicted octanol–water partition coefficient (Wildman–Crippen LogP) is 2.04. The Labute approximate surface area is 141 Å². The maximum Gasteiger partial charge on any atom is 0.247 e. The fraction of sp³-hybridized carbons (Fsp3) is 0.444. The molecule has 1 fully saturated rings. The molecule has 1 N–H and O–H groups in total. The first-order valence-corrected chi connectivity index (χ1v) is 8.15. The van der Waals surface area contributed by atoms with Crippen LogP contribution in [0.25, 0.3) is 0 Å². The van der Waals surface area contributed by atoms with Gasteiger partial charge in [0.15, 0.2) is 5.66 Å². The standard InChI is InChI=1S/C18H20N4O2/c1-2-3-10-18(20-21-18)11-9-15(23)22-13-12-19-17(24)16(22)14-7-5-4-6-8-14/h1,4-8,16H,3,9-13H2,(H,19,24). The van der Waals surface area contributed by atoms with E-state index in [1.165, 1.54) is 0 Å². The zero-order valence-electron chi connectivity index (χ0n) is 13.4. The Hall–Kier alpha value is -2.68. The molecule has 2 amide bonds. The molecule has 1 aromatic carbocycles. The summed E-state index contributed by atoms with van der Waals surface area (Å²) in [7, 11) is 0. The second-order valence-electron chi connectivity index (χ2n) is 6.08. The number of benzene rings is 1. The van der Waals surface area contributed by atoms with Gasteiger partial charge in [-0.1, -0.05) is 30.3 Å². The quantitative estimate of drug-likeness (QED) is 0.813. The van der Waals surface area contributed by atoms with Gasteiger partial charge in [0, 0.05) is 38.8 Å². The first-order chi connectivity index (χ1) is 11.7. The second-order valence-corrected chi connectivity index (χ2v) is 6.08. The van der Waals surface area contributed by atoms with E-state index in [-0.39, 0.29) is 11.8 Å². The maximum atomic E-state index is 12.7. The minimum absolute atomic E-state index is 0.0453. The molecule has 1 aromatic rings. The topological polar surface area (TPSA) is 74.1 Å². The van der Waals surface area contributed by atoms with Crippen LogP contribution in [0.15, 0.2) is 40.6 Å². The van der Waals surface area contributed by atoms with E-state index in [1.807, 2.05) is 30.3 Å². The Kier molecular flexibility index (Phi) is 4.61. The summed E-state index contributed by atoms with van der Waals surface area (Å²) in [4.78, 5) is 26.7. The normalized spacial score (nSPS) is 21.0. The summed E-state index contributed by atoms with van der Waals surface area (Å²) in [6.45, 7) is 0.987. The first-order valence-electron chi connectivity index (χ1n) is 8.15. The largest absolute Gasteiger partial charge is 0.352 e. The molecule has 0 radical (unpaired) electrons. The fourth-order valence-corrected chi connectivity index (χ4v) is 3.02. The van der Waals surface area contributed by atoms with Crippen LogP contribution < -0.4 is 5.32 Å². The molecule has 24 heavy (non-hydrogen) atoms. The van der Waals surface area contributed by atoms with Gasteiger partial charge in [-0.15, -0.1) is 12.3 Å². The van der Waals surface area contributed by atoms with E-state index in [9.17, 15) is 9.59 Å². The molecular weight excluding hydrogens is 304 g/mol. The van der Waals surface area contributed by atoms with Crippen molar-refractivity contribution in [1.82, 2.24) is 10.2 Å². The van der Waals surface area contributed by atoms with Gasteiger partial charge >= 0.3 is 0 Å². The Morgan fingerprint density at radius 3 is 2.75 bits per heavy atom. The van der Waals surface area contributed by atoms with Gasteiger partial charge < -0.3 is 10.2 Å². The zero-order valence-corrected chi connectivity index (χ0v) is 13.4. The molecule has 124 valence electrons. The van der Waals surface area contributed by atoms with E-state index in [0.29, 0.717) is 38.8 Å². The summed E-state index contributed by atoms with van der Waals surface area (Å²) in [5.74, 6) is 2.40. The highest BCUT2D eigenvalue weighted by molar-refractivity contribution is 5.89. The molecule has 0 bridgehead atoms. The van der Waals surface area contributed by atoms with Crippen LogP contribution in [0.3, 0.4) is 0 Å². The van der Waals surface area contributed by atoms with Crippen LogP contribution in [-0.4, -0.2) is 35.5 Å². The van der Waals surface area contributed by atoms with Crippen molar-refractivity contribution in [2.45, 2.75) is 37.4 Å². The molecule has 0 aromatic heterocycles. The molecule has 0 aliphatic carbocycles. The molecular formula is C18H20N4O2. The molecule has 6 heteroatoms. The number of carbonyl (C=O) groups is 2. The SMILES string of the molecule is C#CCCC1(CCC(=O)N2CCNC(=O)C2c2ccccc2)N=N1. The third-order valence-electron chi connectivity index (χ3n) is 4.44. The van der Waals surface area contributed by atoms with Gasteiger partial charge in [-0.05, 0) is 5.56 Å². The number of amides is 2. The van der Waals surface area contributed by atoms with Crippen LogP contribution in [-0.2, 0) is 9.59 Å². The lowest BCUT2D eigenvalue weighted by Crippen LogP contribution is -2.52. The summed E-state index contributed by atoms with van der Waals surface area (Å²) in [5.41, 5.74) is 0.355. The molecule has 3 rings (SSSR count). The Balaban J connectivity index is 1.66. The van der Waals surface area contributed by atoms with E-state index in [1.54, 1.807) is 4.90 Å². The van der Waals surface area contributed by atoms with Crippen molar-refractivity contribution < 1.29 is 9.59 Å². The van der Waals surface area contributed by atoms with E-state index in [4.69, 9.17) is 6.42 Å². The van der Waals surface area contributed by atoms with Crippen LogP contribution >= 0.6 is 0 Å². The van der Waals surface area contributed by atoms with Crippen molar-refractivity contribution in [3.05, 3.63) is 35.9 Å². The van der Waals surface area contributed by atoms with E-state index in [0.717, 1.165) is 5.56 Å². The molecule has 1 unspecified atom stereocenters. The van der Waals surface area contributed by atoms with Gasteiger partial charge in [0.25, 0.3) is 0 Å². The summed E-state index contributed by atoms with van der Waals surface area (Å²) in [6.07, 6.45) is 7.42. The molecule has 2 aliphatic heterocycles. The van der Waals surface area contributed by atoms with Crippen LogP contribution in [0.2, 0.25) is 0 Å². The number of nitrogens with zero attached hydrogens (tertiary/aromatic N) is 3. The van der Waals surface area contributed by atoms with Crippen LogP contribution in [0.5, 0.6) is 0 Å². The Morgan fingerprint density at radius 2 is 2.08 bits per heavy atom. The summed E-state index contributed by atoms with van der Waals surface area (Å²) < 4.78 is 0. The number of nitrogens with one attached hydrogen (secondary N) is 1. The van der Waals surface area contributed by atoms with E-state index < -0.39 is 11.7 Å². The fourth-order valence-electron chi connectivity index (χ4n) is 3.02. The number of terminal acetylenes is 1. The van der Waals surface area contributed by atoms with Crippen molar-refractivity contribution in [2.75, 3.05) is 13.1 Å². The lowest BCUT2D eigenvalue weighted by atomic mass is 9.99. The summed E-state index contributed by atoms with van der Waals surface area (Å²) >= 11 is 0. The maximum absolute atomic E-state index is 12.7. The number of hydrogen-bond donors (Lipinski definition) is 1. The van der Waals surface area contributed by atoms with Crippen molar-refractivity contribution in [3.8, 4) is 12.3 Å². The first kappa shape index (κ1) is 16.2. The smallest absolute Gasteiger partial charge is 0.247 e. The molecule has 1 atom stereocenters. The average Bonchev–Trinajstić information content (AvgIpc) is 3.39. The van der Waals surface area contributed by atoms with E-state index >= 15 is 0 Å². The summed E-state index contributed by atoms with van der Waals surface area (Å²) in [5, 5.41) is 11.0. The van der Waals surface area contributed by atoms with Crippen LogP contribution in [0.4, 0.5) is 0 Å². The lowest BCUT2D eigenvalue weighted by Gasteiger charge is -2.35. The second kappa shape index (κ2) is 6.83. The highest BCUT2D eigenvalue weighted by Crippen LogP contribution is 2.38. The highest BCUT2D eigenvalue weighted by Gasteiger charge is 2.41. The van der Waals surface area contributed by atoms with Crippen molar-refractivity contribution in [1.29, 1.82) is 0 Å². The number of rotatable bonds is 6. The van der Waals surface area contributed by atoms with Crippen molar-refractivity contribution in [3.63, 3.8) is 0 Å². The van der Waals surface area contributed by atoms with Gasteiger partial charge in [0.05, 0.1) is 0 Å². The van der Waals surface area contributed by atoms with Gasteiger partial charge in [-0.25, -0.2) is 0 Å². The summed E-state index contributed by atoms with van der Waals surface area (Å²) in [6, 6.07) is 8.81. The van der Waals surface area contributed by atoms with Crippen molar-refractivity contribution in [2.24, 2.45) is 10.2 Å². The zero-order chi connectivity index (χ0) is 17.0. The predicted molar refractivity (Wildman–Crippen MR) is 88.8 cm³/mol.